The van der Waals surface area contributed by atoms with Gasteiger partial charge < -0.3 is 30.7 Å². The lowest BCUT2D eigenvalue weighted by molar-refractivity contribution is -0.121. The van der Waals surface area contributed by atoms with E-state index in [4.69, 9.17) is 4.98 Å². The third-order valence-electron chi connectivity index (χ3n) is 8.99. The number of carbonyl (C=O) groups excluding carboxylic acids is 2. The van der Waals surface area contributed by atoms with Gasteiger partial charge in [-0.1, -0.05) is 44.2 Å². The average Bonchev–Trinajstić information content (AvgIpc) is 3.88. The number of carbonyl (C=O) groups is 2. The Balaban J connectivity index is 1.13. The Morgan fingerprint density at radius 3 is 2.40 bits per heavy atom. The van der Waals surface area contributed by atoms with Crippen LogP contribution in [0.2, 0.25) is 0 Å². The van der Waals surface area contributed by atoms with Gasteiger partial charge in [0.1, 0.15) is 18.2 Å². The maximum absolute atomic E-state index is 16.2. The predicted octanol–water partition coefficient (Wildman–Crippen LogP) is 6.33. The summed E-state index contributed by atoms with van der Waals surface area (Å²) < 4.78 is 36.8. The normalized spacial score (nSPS) is 17.0. The maximum Gasteiger partial charge on any atom is 0.407 e. The van der Waals surface area contributed by atoms with Crippen LogP contribution in [0, 0.1) is 5.92 Å². The molecule has 1 fully saturated rings. The first-order valence-corrected chi connectivity index (χ1v) is 15.7. The zero-order valence-electron chi connectivity index (χ0n) is 26.2. The lowest BCUT2D eigenvalue weighted by Gasteiger charge is -2.20. The summed E-state index contributed by atoms with van der Waals surface area (Å²) in [5.41, 5.74) is 5.25. The van der Waals surface area contributed by atoms with Gasteiger partial charge in [0, 0.05) is 16.7 Å². The fourth-order valence-corrected chi connectivity index (χ4v) is 6.50. The topological polar surface area (TPSA) is 137 Å². The fourth-order valence-electron chi connectivity index (χ4n) is 6.50. The largest absolute Gasteiger partial charge is 0.453 e. The van der Waals surface area contributed by atoms with Crippen molar-refractivity contribution in [1.82, 2.24) is 35.9 Å². The number of hydrogen-bond donors (Lipinski definition) is 5. The van der Waals surface area contributed by atoms with Crippen LogP contribution in [0.1, 0.15) is 61.5 Å². The summed E-state index contributed by atoms with van der Waals surface area (Å²) in [6.07, 6.45) is 3.00. The van der Waals surface area contributed by atoms with Crippen molar-refractivity contribution in [3.8, 4) is 33.5 Å². The van der Waals surface area contributed by atoms with Gasteiger partial charge >= 0.3 is 6.09 Å². The summed E-state index contributed by atoms with van der Waals surface area (Å²) >= 11 is 0. The summed E-state index contributed by atoms with van der Waals surface area (Å²) in [5.74, 6) is -2.30. The van der Waals surface area contributed by atoms with Crippen LogP contribution in [0.5, 0.6) is 0 Å². The molecule has 0 unspecified atom stereocenters. The average molecular weight is 640 g/mol. The molecular weight excluding hydrogens is 604 g/mol. The minimum atomic E-state index is -3.21. The van der Waals surface area contributed by atoms with Gasteiger partial charge in [-0.3, -0.25) is 4.79 Å². The highest BCUT2D eigenvalue weighted by Gasteiger charge is 2.44. The number of ether oxygens (including phenoxy) is 1. The molecule has 3 aromatic carbocycles. The Labute approximate surface area is 269 Å². The quantitative estimate of drug-likeness (QED) is 0.135. The van der Waals surface area contributed by atoms with Crippen LogP contribution in [0.4, 0.5) is 13.6 Å². The standard InChI is InChI=1S/C35H35F2N7O3/c1-18(2)31(44-30(45)17-40-34(46)47-3)33-39-16-29(43-33)21-7-10-23-22-9-6-19(13-24(22)35(36,37)25(23)14-21)20-8-11-26-28(15-20)42-32(41-26)27-5-4-12-38-27/h6-11,13-16,18,27,31,38H,4-5,12,17H2,1-3H3,(H,39,43)(H,40,46)(H,41,42)(H,44,45)/t27-,31-/m0/s1. The monoisotopic (exact) mass is 639 g/mol. The summed E-state index contributed by atoms with van der Waals surface area (Å²) in [4.78, 5) is 39.6. The number of benzene rings is 3. The highest BCUT2D eigenvalue weighted by molar-refractivity contribution is 5.87. The van der Waals surface area contributed by atoms with E-state index in [1.54, 1.807) is 30.5 Å². The first kappa shape index (κ1) is 30.5. The number of fused-ring (bicyclic) bond motifs is 4. The predicted molar refractivity (Wildman–Crippen MR) is 174 cm³/mol. The fraction of sp³-hybridized carbons (Fsp3) is 0.314. The highest BCUT2D eigenvalue weighted by Crippen LogP contribution is 2.52. The van der Waals surface area contributed by atoms with E-state index < -0.39 is 24.0 Å². The van der Waals surface area contributed by atoms with Crippen LogP contribution in [0.25, 0.3) is 44.5 Å². The molecule has 3 heterocycles. The van der Waals surface area contributed by atoms with Gasteiger partial charge in [-0.15, -0.1) is 0 Å². The minimum Gasteiger partial charge on any atom is -0.453 e. The minimum absolute atomic E-state index is 0.0313. The van der Waals surface area contributed by atoms with Gasteiger partial charge in [0.05, 0.1) is 42.1 Å². The molecule has 47 heavy (non-hydrogen) atoms. The number of nitrogens with one attached hydrogen (secondary N) is 5. The number of nitrogens with zero attached hydrogens (tertiary/aromatic N) is 2. The zero-order chi connectivity index (χ0) is 32.9. The van der Waals surface area contributed by atoms with Gasteiger partial charge in [0.15, 0.2) is 0 Å². The van der Waals surface area contributed by atoms with Crippen LogP contribution in [-0.4, -0.2) is 52.1 Å². The summed E-state index contributed by atoms with van der Waals surface area (Å²) in [6.45, 7) is 4.55. The summed E-state index contributed by atoms with van der Waals surface area (Å²) in [6, 6.07) is 15.8. The van der Waals surface area contributed by atoms with Crippen molar-refractivity contribution >= 4 is 23.0 Å². The zero-order valence-corrected chi connectivity index (χ0v) is 26.2. The van der Waals surface area contributed by atoms with E-state index in [-0.39, 0.29) is 29.6 Å². The van der Waals surface area contributed by atoms with E-state index in [0.717, 1.165) is 41.8 Å². The van der Waals surface area contributed by atoms with Crippen molar-refractivity contribution in [3.63, 3.8) is 0 Å². The third-order valence-corrected chi connectivity index (χ3v) is 8.99. The number of H-pyrrole nitrogens is 2. The molecule has 2 atom stereocenters. The molecule has 5 N–H and O–H groups in total. The molecule has 0 saturated carbocycles. The Morgan fingerprint density at radius 2 is 1.70 bits per heavy atom. The van der Waals surface area contributed by atoms with E-state index in [0.29, 0.717) is 33.8 Å². The number of imidazole rings is 2. The third kappa shape index (κ3) is 5.62. The van der Waals surface area contributed by atoms with Crippen LogP contribution >= 0.6 is 0 Å². The van der Waals surface area contributed by atoms with Crippen molar-refractivity contribution in [3.05, 3.63) is 83.6 Å². The number of aromatic amines is 2. The number of methoxy groups -OCH3 is 1. The van der Waals surface area contributed by atoms with Crippen molar-refractivity contribution in [2.75, 3.05) is 20.2 Å². The molecule has 2 aliphatic rings. The molecule has 2 amide bonds. The van der Waals surface area contributed by atoms with Gasteiger partial charge in [-0.05, 0) is 71.8 Å². The Morgan fingerprint density at radius 1 is 1.00 bits per heavy atom. The second-order valence-electron chi connectivity index (χ2n) is 12.4. The molecule has 0 radical (unpaired) electrons. The van der Waals surface area contributed by atoms with Crippen LogP contribution in [-0.2, 0) is 15.5 Å². The summed E-state index contributed by atoms with van der Waals surface area (Å²) in [5, 5.41) is 8.66. The van der Waals surface area contributed by atoms with E-state index in [9.17, 15) is 9.59 Å². The maximum atomic E-state index is 16.2. The Kier molecular flexibility index (Phi) is 7.75. The number of halogens is 2. The molecule has 242 valence electrons. The first-order chi connectivity index (χ1) is 22.6. The Hall–Kier alpha value is -5.10. The molecule has 10 nitrogen and oxygen atoms in total. The second-order valence-corrected chi connectivity index (χ2v) is 12.4. The molecule has 1 aliphatic heterocycles. The number of aromatic nitrogens is 4. The van der Waals surface area contributed by atoms with Crippen LogP contribution in [0.15, 0.2) is 60.8 Å². The van der Waals surface area contributed by atoms with Gasteiger partial charge in [-0.25, -0.2) is 14.8 Å². The molecule has 0 spiro atoms. The molecule has 7 rings (SSSR count). The lowest BCUT2D eigenvalue weighted by atomic mass is 9.98. The van der Waals surface area contributed by atoms with E-state index in [1.165, 1.54) is 13.2 Å². The number of amides is 2. The Bertz CT molecular complexity index is 1990. The molecular formula is C35H35F2N7O3. The van der Waals surface area contributed by atoms with E-state index >= 15 is 8.78 Å². The van der Waals surface area contributed by atoms with Crippen molar-refractivity contribution in [2.24, 2.45) is 5.92 Å². The van der Waals surface area contributed by atoms with E-state index in [2.05, 4.69) is 35.6 Å². The number of rotatable bonds is 8. The SMILES string of the molecule is COC(=O)NCC(=O)N[C@H](c1ncc(-c2ccc3c(c2)C(F)(F)c2cc(-c4ccc5nc([C@@H]6CCCN6)[nH]c5c4)ccc2-3)[nH]1)C(C)C. The van der Waals surface area contributed by atoms with Gasteiger partial charge in [-0.2, -0.15) is 8.78 Å². The van der Waals surface area contributed by atoms with Crippen LogP contribution < -0.4 is 16.0 Å². The lowest BCUT2D eigenvalue weighted by Crippen LogP contribution is -2.40. The molecule has 1 saturated heterocycles. The highest BCUT2D eigenvalue weighted by atomic mass is 19.3. The van der Waals surface area contributed by atoms with Crippen LogP contribution in [0.3, 0.4) is 0 Å². The van der Waals surface area contributed by atoms with Crippen molar-refractivity contribution in [1.29, 1.82) is 0 Å². The molecule has 5 aromatic rings. The molecule has 0 bridgehead atoms. The number of alkyl carbamates (subject to hydrolysis) is 1. The van der Waals surface area contributed by atoms with Crippen molar-refractivity contribution in [2.45, 2.75) is 44.7 Å². The molecule has 12 heteroatoms. The van der Waals surface area contributed by atoms with Gasteiger partial charge in [0.2, 0.25) is 5.91 Å². The smallest absolute Gasteiger partial charge is 0.407 e. The van der Waals surface area contributed by atoms with Crippen molar-refractivity contribution < 1.29 is 23.1 Å². The number of hydrogen-bond acceptors (Lipinski definition) is 6. The molecule has 1 aliphatic carbocycles. The molecule has 2 aromatic heterocycles. The first-order valence-electron chi connectivity index (χ1n) is 15.7. The van der Waals surface area contributed by atoms with Gasteiger partial charge in [0.25, 0.3) is 5.92 Å². The summed E-state index contributed by atoms with van der Waals surface area (Å²) in [7, 11) is 1.21. The number of alkyl halides is 2. The second kappa shape index (κ2) is 11.9. The van der Waals surface area contributed by atoms with E-state index in [1.807, 2.05) is 38.1 Å².